The second kappa shape index (κ2) is 7.60. The first-order valence-corrected chi connectivity index (χ1v) is 9.89. The number of rotatable bonds is 4. The fourth-order valence-electron chi connectivity index (χ4n) is 3.25. The zero-order valence-corrected chi connectivity index (χ0v) is 16.7. The van der Waals surface area contributed by atoms with E-state index < -0.39 is 6.04 Å². The maximum Gasteiger partial charge on any atom is 0.263 e. The van der Waals surface area contributed by atoms with Crippen LogP contribution in [0.3, 0.4) is 0 Å². The quantitative estimate of drug-likeness (QED) is 0.530. The summed E-state index contributed by atoms with van der Waals surface area (Å²) in [6, 6.07) is 14.4. The molecule has 0 aliphatic heterocycles. The van der Waals surface area contributed by atoms with Gasteiger partial charge in [-0.15, -0.1) is 11.3 Å². The van der Waals surface area contributed by atoms with Crippen LogP contribution in [0.2, 0.25) is 0 Å². The topological polar surface area (TPSA) is 64.0 Å². The third-order valence-corrected chi connectivity index (χ3v) is 5.80. The van der Waals surface area contributed by atoms with Gasteiger partial charge >= 0.3 is 0 Å². The second-order valence-electron chi connectivity index (χ2n) is 6.71. The molecule has 4 aromatic rings. The van der Waals surface area contributed by atoms with Crippen molar-refractivity contribution >= 4 is 33.1 Å². The van der Waals surface area contributed by atoms with E-state index in [1.54, 1.807) is 6.92 Å². The molecule has 0 unspecified atom stereocenters. The molecular weight excluding hydrogens is 389 g/mol. The van der Waals surface area contributed by atoms with Gasteiger partial charge in [0.25, 0.3) is 5.56 Å². The van der Waals surface area contributed by atoms with Gasteiger partial charge in [0.15, 0.2) is 0 Å². The van der Waals surface area contributed by atoms with Crippen LogP contribution in [0.15, 0.2) is 65.7 Å². The monoisotopic (exact) mass is 407 g/mol. The van der Waals surface area contributed by atoms with Gasteiger partial charge in [-0.3, -0.25) is 14.2 Å². The summed E-state index contributed by atoms with van der Waals surface area (Å²) in [4.78, 5) is 32.0. The second-order valence-corrected chi connectivity index (χ2v) is 7.91. The number of carbonyl (C=O) groups excluding carboxylic acids is 1. The number of hydrogen-bond acceptors (Lipinski definition) is 4. The van der Waals surface area contributed by atoms with Crippen LogP contribution in [0.5, 0.6) is 0 Å². The highest BCUT2D eigenvalue weighted by Crippen LogP contribution is 2.35. The van der Waals surface area contributed by atoms with Crippen molar-refractivity contribution in [3.63, 3.8) is 0 Å². The molecule has 1 amide bonds. The van der Waals surface area contributed by atoms with Gasteiger partial charge in [0.2, 0.25) is 5.91 Å². The Labute approximate surface area is 170 Å². The molecule has 0 fully saturated rings. The van der Waals surface area contributed by atoms with Crippen LogP contribution in [-0.4, -0.2) is 15.5 Å². The minimum Gasteiger partial charge on any atom is -0.324 e. The fraction of sp³-hybridized carbons (Fsp3) is 0.136. The Morgan fingerprint density at radius 2 is 1.83 bits per heavy atom. The lowest BCUT2D eigenvalue weighted by Crippen LogP contribution is -2.31. The third-order valence-electron chi connectivity index (χ3n) is 4.78. The lowest BCUT2D eigenvalue weighted by Gasteiger charge is -2.15. The number of nitrogens with one attached hydrogen (secondary N) is 1. The van der Waals surface area contributed by atoms with Crippen LogP contribution in [-0.2, 0) is 4.79 Å². The maximum atomic E-state index is 13.3. The van der Waals surface area contributed by atoms with E-state index >= 15 is 0 Å². The summed E-state index contributed by atoms with van der Waals surface area (Å²) < 4.78 is 14.4. The van der Waals surface area contributed by atoms with Gasteiger partial charge in [0.05, 0.1) is 11.7 Å². The zero-order chi connectivity index (χ0) is 20.5. The van der Waals surface area contributed by atoms with Crippen molar-refractivity contribution in [2.75, 3.05) is 5.32 Å². The van der Waals surface area contributed by atoms with Crippen molar-refractivity contribution < 1.29 is 9.18 Å². The Morgan fingerprint density at radius 1 is 1.14 bits per heavy atom. The first-order valence-electron chi connectivity index (χ1n) is 9.08. The first kappa shape index (κ1) is 19.0. The Balaban J connectivity index is 1.74. The number of aromatic nitrogens is 2. The summed E-state index contributed by atoms with van der Waals surface area (Å²) in [5.74, 6) is -0.767. The summed E-state index contributed by atoms with van der Waals surface area (Å²) in [5.41, 5.74) is 1.99. The normalized spacial score (nSPS) is 12.1. The molecule has 1 N–H and O–H groups in total. The first-order chi connectivity index (χ1) is 14.0. The maximum absolute atomic E-state index is 13.3. The largest absolute Gasteiger partial charge is 0.324 e. The van der Waals surface area contributed by atoms with Crippen molar-refractivity contribution in [1.29, 1.82) is 0 Å². The number of thiophene rings is 1. The fourth-order valence-corrected chi connectivity index (χ4v) is 4.25. The van der Waals surface area contributed by atoms with E-state index in [0.29, 0.717) is 15.9 Å². The van der Waals surface area contributed by atoms with Crippen LogP contribution in [0, 0.1) is 12.7 Å². The van der Waals surface area contributed by atoms with Crippen molar-refractivity contribution in [2.24, 2.45) is 0 Å². The molecule has 7 heteroatoms. The highest BCUT2D eigenvalue weighted by atomic mass is 32.1. The lowest BCUT2D eigenvalue weighted by molar-refractivity contribution is -0.118. The van der Waals surface area contributed by atoms with E-state index in [4.69, 9.17) is 0 Å². The molecule has 146 valence electrons. The van der Waals surface area contributed by atoms with E-state index in [0.717, 1.165) is 16.0 Å². The Hall–Kier alpha value is -3.32. The minimum absolute atomic E-state index is 0.264. The predicted molar refractivity (Wildman–Crippen MR) is 114 cm³/mol. The van der Waals surface area contributed by atoms with Gasteiger partial charge in [-0.25, -0.2) is 9.37 Å². The summed E-state index contributed by atoms with van der Waals surface area (Å²) in [6.07, 6.45) is 1.41. The van der Waals surface area contributed by atoms with Crippen LogP contribution in [0.1, 0.15) is 17.8 Å². The predicted octanol–water partition coefficient (Wildman–Crippen LogP) is 4.77. The van der Waals surface area contributed by atoms with E-state index in [1.165, 1.54) is 46.5 Å². The SMILES string of the molecule is Cc1sc2ncn([C@H](C)C(=O)Nc3ccc(F)cc3)c(=O)c2c1-c1ccccc1. The molecule has 0 spiro atoms. The third kappa shape index (κ3) is 3.56. The number of hydrogen-bond donors (Lipinski definition) is 1. The molecule has 0 bridgehead atoms. The van der Waals surface area contributed by atoms with Gasteiger partial charge in [-0.05, 0) is 43.7 Å². The molecule has 2 heterocycles. The van der Waals surface area contributed by atoms with Gasteiger partial charge < -0.3 is 5.32 Å². The number of anilines is 1. The smallest absolute Gasteiger partial charge is 0.263 e. The molecule has 29 heavy (non-hydrogen) atoms. The number of nitrogens with zero attached hydrogens (tertiary/aromatic N) is 2. The molecule has 2 aromatic heterocycles. The molecular formula is C22H18FN3O2S. The van der Waals surface area contributed by atoms with Crippen molar-refractivity contribution in [1.82, 2.24) is 9.55 Å². The Morgan fingerprint density at radius 3 is 2.52 bits per heavy atom. The molecule has 0 aliphatic rings. The van der Waals surface area contributed by atoms with Gasteiger partial charge in [-0.1, -0.05) is 30.3 Å². The van der Waals surface area contributed by atoms with E-state index in [-0.39, 0.29) is 17.3 Å². The Kier molecular flexibility index (Phi) is 4.98. The highest BCUT2D eigenvalue weighted by Gasteiger charge is 2.21. The number of carbonyl (C=O) groups is 1. The van der Waals surface area contributed by atoms with Gasteiger partial charge in [-0.2, -0.15) is 0 Å². The van der Waals surface area contributed by atoms with Crippen molar-refractivity contribution in [3.05, 3.63) is 82.0 Å². The molecule has 0 radical (unpaired) electrons. The number of halogens is 1. The molecule has 0 saturated heterocycles. The molecule has 1 atom stereocenters. The number of fused-ring (bicyclic) bond motifs is 1. The van der Waals surface area contributed by atoms with E-state index in [2.05, 4.69) is 10.3 Å². The van der Waals surface area contributed by atoms with Gasteiger partial charge in [0.1, 0.15) is 16.7 Å². The lowest BCUT2D eigenvalue weighted by atomic mass is 10.0. The van der Waals surface area contributed by atoms with Crippen molar-refractivity contribution in [3.8, 4) is 11.1 Å². The van der Waals surface area contributed by atoms with Crippen LogP contribution in [0.4, 0.5) is 10.1 Å². The summed E-state index contributed by atoms with van der Waals surface area (Å²) in [5, 5.41) is 3.22. The van der Waals surface area contributed by atoms with Crippen molar-refractivity contribution in [2.45, 2.75) is 19.9 Å². The average molecular weight is 407 g/mol. The number of benzene rings is 2. The molecule has 2 aromatic carbocycles. The van der Waals surface area contributed by atoms with Crippen LogP contribution >= 0.6 is 11.3 Å². The van der Waals surface area contributed by atoms with Crippen LogP contribution < -0.4 is 10.9 Å². The van der Waals surface area contributed by atoms with Crippen LogP contribution in [0.25, 0.3) is 21.3 Å². The highest BCUT2D eigenvalue weighted by molar-refractivity contribution is 7.19. The minimum atomic E-state index is -0.784. The Bertz CT molecular complexity index is 1250. The number of aryl methyl sites for hydroxylation is 1. The summed E-state index contributed by atoms with van der Waals surface area (Å²) >= 11 is 1.46. The number of amides is 1. The molecule has 0 saturated carbocycles. The van der Waals surface area contributed by atoms with E-state index in [9.17, 15) is 14.0 Å². The molecule has 4 rings (SSSR count). The average Bonchev–Trinajstić information content (AvgIpc) is 3.07. The molecule has 0 aliphatic carbocycles. The summed E-state index contributed by atoms with van der Waals surface area (Å²) in [7, 11) is 0. The zero-order valence-electron chi connectivity index (χ0n) is 15.8. The van der Waals surface area contributed by atoms with E-state index in [1.807, 2.05) is 37.3 Å². The summed E-state index contributed by atoms with van der Waals surface area (Å²) in [6.45, 7) is 3.60. The molecule has 5 nitrogen and oxygen atoms in total. The standard InChI is InChI=1S/C22H18FN3O2S/c1-13(20(27)25-17-10-8-16(23)9-11-17)26-12-24-21-19(22(26)28)18(14(2)29-21)15-6-4-3-5-7-15/h3-13H,1-2H3,(H,25,27)/t13-/m1/s1. The van der Waals surface area contributed by atoms with Gasteiger partial charge in [0, 0.05) is 16.1 Å².